The maximum absolute atomic E-state index is 11.0. The lowest BCUT2D eigenvalue weighted by Gasteiger charge is -2.13. The van der Waals surface area contributed by atoms with Gasteiger partial charge in [0, 0.05) is 6.42 Å². The zero-order valence-electron chi connectivity index (χ0n) is 10.7. The minimum Gasteiger partial charge on any atom is -0.480 e. The molecule has 1 aromatic heterocycles. The second-order valence-electron chi connectivity index (χ2n) is 3.90. The predicted molar refractivity (Wildman–Crippen MR) is 63.7 cm³/mol. The van der Waals surface area contributed by atoms with Crippen LogP contribution in [-0.4, -0.2) is 29.5 Å². The van der Waals surface area contributed by atoms with E-state index < -0.39 is 0 Å². The summed E-state index contributed by atoms with van der Waals surface area (Å²) < 4.78 is 10.6. The van der Waals surface area contributed by atoms with Gasteiger partial charge < -0.3 is 9.47 Å². The number of aromatic nitrogens is 2. The van der Waals surface area contributed by atoms with Gasteiger partial charge in [0.15, 0.2) is 6.29 Å². The zero-order valence-corrected chi connectivity index (χ0v) is 10.7. The van der Waals surface area contributed by atoms with Gasteiger partial charge in [-0.3, -0.25) is 4.79 Å². The summed E-state index contributed by atoms with van der Waals surface area (Å²) in [6, 6.07) is 0. The van der Waals surface area contributed by atoms with Crippen molar-refractivity contribution in [2.45, 2.75) is 39.7 Å². The van der Waals surface area contributed by atoms with Crippen molar-refractivity contribution in [2.24, 2.45) is 0 Å². The van der Waals surface area contributed by atoms with E-state index in [1.54, 1.807) is 0 Å². The van der Waals surface area contributed by atoms with Crippen LogP contribution >= 0.6 is 0 Å². The van der Waals surface area contributed by atoms with E-state index in [1.807, 2.05) is 20.8 Å². The van der Waals surface area contributed by atoms with Gasteiger partial charge in [-0.1, -0.05) is 6.92 Å². The summed E-state index contributed by atoms with van der Waals surface area (Å²) in [7, 11) is 1.48. The maximum atomic E-state index is 11.0. The van der Waals surface area contributed by atoms with Gasteiger partial charge in [-0.25, -0.2) is 0 Å². The molecule has 0 fully saturated rings. The number of ether oxygens (including phenoxy) is 2. The van der Waals surface area contributed by atoms with E-state index in [2.05, 4.69) is 9.97 Å². The van der Waals surface area contributed by atoms with Gasteiger partial charge >= 0.3 is 0 Å². The van der Waals surface area contributed by atoms with Crippen molar-refractivity contribution in [1.29, 1.82) is 0 Å². The van der Waals surface area contributed by atoms with Crippen molar-refractivity contribution < 1.29 is 14.3 Å². The third-order valence-corrected chi connectivity index (χ3v) is 2.05. The number of aryl methyl sites for hydroxylation is 1. The van der Waals surface area contributed by atoms with Gasteiger partial charge in [0.1, 0.15) is 11.4 Å². The van der Waals surface area contributed by atoms with E-state index in [-0.39, 0.29) is 17.5 Å². The van der Waals surface area contributed by atoms with Crippen LogP contribution in [0.15, 0.2) is 0 Å². The fourth-order valence-corrected chi connectivity index (χ4v) is 1.38. The van der Waals surface area contributed by atoms with E-state index >= 15 is 0 Å². The van der Waals surface area contributed by atoms with Gasteiger partial charge in [0.2, 0.25) is 11.8 Å². The number of carbonyl (C=O) groups excluding carboxylic acids is 1. The molecule has 0 aliphatic carbocycles. The molecule has 0 aromatic carbocycles. The molecule has 17 heavy (non-hydrogen) atoms. The fourth-order valence-electron chi connectivity index (χ4n) is 1.38. The van der Waals surface area contributed by atoms with Crippen LogP contribution in [0.2, 0.25) is 0 Å². The SMILES string of the molecule is CCCc1nc(OC)c(C=O)c(OC(C)C)n1. The second kappa shape index (κ2) is 6.18. The Labute approximate surface area is 101 Å². The number of rotatable bonds is 6. The maximum Gasteiger partial charge on any atom is 0.231 e. The lowest BCUT2D eigenvalue weighted by atomic mass is 10.3. The summed E-state index contributed by atoms with van der Waals surface area (Å²) >= 11 is 0. The molecule has 0 saturated heterocycles. The molecule has 0 N–H and O–H groups in total. The summed E-state index contributed by atoms with van der Waals surface area (Å²) in [5, 5.41) is 0. The predicted octanol–water partition coefficient (Wildman–Crippen LogP) is 2.04. The summed E-state index contributed by atoms with van der Waals surface area (Å²) in [6.07, 6.45) is 2.25. The van der Waals surface area contributed by atoms with Crippen LogP contribution < -0.4 is 9.47 Å². The zero-order chi connectivity index (χ0) is 12.8. The van der Waals surface area contributed by atoms with Gasteiger partial charge in [0.25, 0.3) is 0 Å². The monoisotopic (exact) mass is 238 g/mol. The molecule has 0 amide bonds. The molecule has 0 aliphatic rings. The highest BCUT2D eigenvalue weighted by molar-refractivity contribution is 5.81. The van der Waals surface area contributed by atoms with E-state index in [0.29, 0.717) is 18.0 Å². The molecule has 1 heterocycles. The number of aldehydes is 1. The van der Waals surface area contributed by atoms with Crippen LogP contribution in [0.25, 0.3) is 0 Å². The summed E-state index contributed by atoms with van der Waals surface area (Å²) in [4.78, 5) is 19.4. The number of methoxy groups -OCH3 is 1. The largest absolute Gasteiger partial charge is 0.480 e. The minimum atomic E-state index is -0.0530. The van der Waals surface area contributed by atoms with Crippen LogP contribution in [-0.2, 0) is 6.42 Å². The first kappa shape index (κ1) is 13.4. The molecule has 5 heteroatoms. The van der Waals surface area contributed by atoms with Crippen LogP contribution in [0.1, 0.15) is 43.4 Å². The van der Waals surface area contributed by atoms with Crippen molar-refractivity contribution in [3.63, 3.8) is 0 Å². The number of hydrogen-bond acceptors (Lipinski definition) is 5. The fraction of sp³-hybridized carbons (Fsp3) is 0.583. The van der Waals surface area contributed by atoms with Gasteiger partial charge in [-0.2, -0.15) is 9.97 Å². The molecular formula is C12H18N2O3. The van der Waals surface area contributed by atoms with Crippen molar-refractivity contribution in [3.05, 3.63) is 11.4 Å². The third-order valence-electron chi connectivity index (χ3n) is 2.05. The molecule has 0 saturated carbocycles. The molecule has 5 nitrogen and oxygen atoms in total. The molecule has 0 atom stereocenters. The lowest BCUT2D eigenvalue weighted by molar-refractivity contribution is 0.111. The molecular weight excluding hydrogens is 220 g/mol. The first-order valence-corrected chi connectivity index (χ1v) is 5.69. The molecule has 94 valence electrons. The Morgan fingerprint density at radius 3 is 2.41 bits per heavy atom. The Hall–Kier alpha value is -1.65. The van der Waals surface area contributed by atoms with Crippen molar-refractivity contribution in [2.75, 3.05) is 7.11 Å². The Balaban J connectivity index is 3.21. The Morgan fingerprint density at radius 1 is 1.29 bits per heavy atom. The number of hydrogen-bond donors (Lipinski definition) is 0. The van der Waals surface area contributed by atoms with Gasteiger partial charge in [0.05, 0.1) is 13.2 Å². The van der Waals surface area contributed by atoms with Crippen LogP contribution in [0.5, 0.6) is 11.8 Å². The van der Waals surface area contributed by atoms with E-state index in [0.717, 1.165) is 12.8 Å². The average molecular weight is 238 g/mol. The Morgan fingerprint density at radius 2 is 1.94 bits per heavy atom. The van der Waals surface area contributed by atoms with Crippen LogP contribution in [0, 0.1) is 0 Å². The summed E-state index contributed by atoms with van der Waals surface area (Å²) in [5.74, 6) is 1.20. The quantitative estimate of drug-likeness (QED) is 0.710. The van der Waals surface area contributed by atoms with Crippen LogP contribution in [0.4, 0.5) is 0 Å². The smallest absolute Gasteiger partial charge is 0.231 e. The standard InChI is InChI=1S/C12H18N2O3/c1-5-6-10-13-11(16-4)9(7-15)12(14-10)17-8(2)3/h7-8H,5-6H2,1-4H3. The summed E-state index contributed by atoms with van der Waals surface area (Å²) in [6.45, 7) is 5.79. The number of carbonyl (C=O) groups is 1. The molecule has 0 bridgehead atoms. The first-order chi connectivity index (χ1) is 8.12. The molecule has 0 spiro atoms. The molecule has 1 aromatic rings. The van der Waals surface area contributed by atoms with Crippen molar-refractivity contribution in [1.82, 2.24) is 9.97 Å². The second-order valence-corrected chi connectivity index (χ2v) is 3.90. The number of nitrogens with zero attached hydrogens (tertiary/aromatic N) is 2. The normalized spacial score (nSPS) is 10.4. The van der Waals surface area contributed by atoms with Crippen LogP contribution in [0.3, 0.4) is 0 Å². The first-order valence-electron chi connectivity index (χ1n) is 5.69. The highest BCUT2D eigenvalue weighted by Crippen LogP contribution is 2.24. The van der Waals surface area contributed by atoms with Crippen molar-refractivity contribution >= 4 is 6.29 Å². The Bertz CT molecular complexity index is 392. The third kappa shape index (κ3) is 3.41. The van der Waals surface area contributed by atoms with E-state index in [4.69, 9.17) is 9.47 Å². The minimum absolute atomic E-state index is 0.0530. The van der Waals surface area contributed by atoms with Gasteiger partial charge in [-0.15, -0.1) is 0 Å². The molecule has 0 unspecified atom stereocenters. The summed E-state index contributed by atoms with van der Waals surface area (Å²) in [5.41, 5.74) is 0.265. The topological polar surface area (TPSA) is 61.3 Å². The van der Waals surface area contributed by atoms with Gasteiger partial charge in [-0.05, 0) is 20.3 Å². The average Bonchev–Trinajstić information content (AvgIpc) is 2.28. The van der Waals surface area contributed by atoms with Crippen molar-refractivity contribution in [3.8, 4) is 11.8 Å². The lowest BCUT2D eigenvalue weighted by Crippen LogP contribution is -2.12. The van der Waals surface area contributed by atoms with E-state index in [9.17, 15) is 4.79 Å². The van der Waals surface area contributed by atoms with E-state index in [1.165, 1.54) is 7.11 Å². The highest BCUT2D eigenvalue weighted by Gasteiger charge is 2.16. The molecule has 0 radical (unpaired) electrons. The molecule has 1 rings (SSSR count). The molecule has 0 aliphatic heterocycles. The Kier molecular flexibility index (Phi) is 4.87. The highest BCUT2D eigenvalue weighted by atomic mass is 16.5.